The van der Waals surface area contributed by atoms with Crippen molar-refractivity contribution >= 4 is 34.8 Å². The van der Waals surface area contributed by atoms with Gasteiger partial charge in [-0.25, -0.2) is 14.2 Å². The van der Waals surface area contributed by atoms with Gasteiger partial charge in [0.05, 0.1) is 18.7 Å². The fourth-order valence-corrected chi connectivity index (χ4v) is 5.86. The molecular weight excluding hydrogens is 531 g/mol. The number of rotatable bonds is 8. The number of urea groups is 1. The van der Waals surface area contributed by atoms with E-state index in [1.165, 1.54) is 11.0 Å². The fraction of sp³-hybridized carbons (Fsp3) is 0.448. The van der Waals surface area contributed by atoms with Crippen molar-refractivity contribution < 1.29 is 27.9 Å². The molecule has 11 nitrogen and oxygen atoms in total. The highest BCUT2D eigenvalue weighted by Crippen LogP contribution is 2.37. The number of aromatic nitrogens is 1. The molecule has 5 heterocycles. The van der Waals surface area contributed by atoms with Gasteiger partial charge in [0.25, 0.3) is 11.8 Å². The van der Waals surface area contributed by atoms with Gasteiger partial charge in [0.2, 0.25) is 0 Å². The number of ether oxygens (including phenoxy) is 1. The molecule has 0 radical (unpaired) electrons. The smallest absolute Gasteiger partial charge is 0.322 e. The van der Waals surface area contributed by atoms with Crippen molar-refractivity contribution in [3.05, 3.63) is 53.0 Å². The topological polar surface area (TPSA) is 120 Å². The van der Waals surface area contributed by atoms with E-state index < -0.39 is 29.2 Å². The zero-order chi connectivity index (χ0) is 28.3. The lowest BCUT2D eigenvalue weighted by molar-refractivity contribution is -0.125. The zero-order valence-corrected chi connectivity index (χ0v) is 22.7. The standard InChI is InChI=1S/C29H31FN6O5/c1-2-34-9-11-35(12-10-34)23-8-7-20-19(31-23)13-22(41-20)29(27(38)32-28(39)33-29)16-36-14-18-5-6-21(40-15-17-3-4-17)25(30)24(18)26(36)37/h5-8,13,17H,2-4,9-12,14-16H2,1H3,(H2,32,33,38,39)/t29-/m1/s1. The first-order chi connectivity index (χ1) is 19.8. The van der Waals surface area contributed by atoms with Crippen LogP contribution in [0.3, 0.4) is 0 Å². The molecule has 2 saturated heterocycles. The summed E-state index contributed by atoms with van der Waals surface area (Å²) in [6.45, 7) is 6.99. The molecule has 2 N–H and O–H groups in total. The molecule has 0 unspecified atom stereocenters. The zero-order valence-electron chi connectivity index (χ0n) is 22.7. The van der Waals surface area contributed by atoms with Gasteiger partial charge in [-0.05, 0) is 49.1 Å². The maximum absolute atomic E-state index is 15.4. The van der Waals surface area contributed by atoms with Crippen LogP contribution < -0.4 is 20.3 Å². The van der Waals surface area contributed by atoms with Crippen LogP contribution in [-0.4, -0.2) is 78.5 Å². The van der Waals surface area contributed by atoms with Crippen LogP contribution in [0.25, 0.3) is 11.1 Å². The molecule has 41 heavy (non-hydrogen) atoms. The maximum atomic E-state index is 15.4. The Balaban J connectivity index is 1.17. The average molecular weight is 563 g/mol. The quantitative estimate of drug-likeness (QED) is 0.402. The number of nitrogens with zero attached hydrogens (tertiary/aromatic N) is 4. The number of pyridine rings is 1. The Hall–Kier alpha value is -4.19. The van der Waals surface area contributed by atoms with Gasteiger partial charge in [-0.3, -0.25) is 14.9 Å². The van der Waals surface area contributed by atoms with Crippen molar-refractivity contribution in [2.24, 2.45) is 5.92 Å². The second-order valence-electron chi connectivity index (χ2n) is 11.2. The van der Waals surface area contributed by atoms with E-state index in [2.05, 4.69) is 27.4 Å². The number of nitrogens with one attached hydrogen (secondary N) is 2. The summed E-state index contributed by atoms with van der Waals surface area (Å²) in [7, 11) is 0. The first-order valence-electron chi connectivity index (χ1n) is 14.1. The first kappa shape index (κ1) is 25.8. The number of hydrogen-bond acceptors (Lipinski definition) is 8. The number of piperazine rings is 1. The third-order valence-corrected chi connectivity index (χ3v) is 8.52. The van der Waals surface area contributed by atoms with Crippen LogP contribution in [0.5, 0.6) is 5.75 Å². The molecule has 3 aliphatic heterocycles. The Kier molecular flexibility index (Phi) is 6.11. The van der Waals surface area contributed by atoms with Crippen LogP contribution >= 0.6 is 0 Å². The molecule has 1 atom stereocenters. The number of hydrogen-bond donors (Lipinski definition) is 2. The summed E-state index contributed by atoms with van der Waals surface area (Å²) < 4.78 is 27.1. The van der Waals surface area contributed by atoms with Crippen LogP contribution in [0.1, 0.15) is 41.4 Å². The largest absolute Gasteiger partial charge is 0.490 e. The number of fused-ring (bicyclic) bond motifs is 2. The average Bonchev–Trinajstić information content (AvgIpc) is 3.50. The number of carbonyl (C=O) groups excluding carboxylic acids is 3. The number of benzene rings is 1. The van der Waals surface area contributed by atoms with Gasteiger partial charge in [0.15, 0.2) is 22.7 Å². The van der Waals surface area contributed by atoms with E-state index >= 15 is 4.39 Å². The van der Waals surface area contributed by atoms with E-state index in [-0.39, 0.29) is 30.2 Å². The second kappa shape index (κ2) is 9.72. The number of halogens is 1. The van der Waals surface area contributed by atoms with E-state index in [9.17, 15) is 14.4 Å². The molecule has 3 fully saturated rings. The van der Waals surface area contributed by atoms with E-state index in [0.29, 0.717) is 29.2 Å². The Bertz CT molecular complexity index is 1560. The van der Waals surface area contributed by atoms with Crippen molar-refractivity contribution in [2.75, 3.05) is 50.8 Å². The summed E-state index contributed by atoms with van der Waals surface area (Å²) in [5, 5.41) is 4.95. The minimum absolute atomic E-state index is 0.0442. The molecule has 7 rings (SSSR count). The van der Waals surface area contributed by atoms with Crippen molar-refractivity contribution in [3.8, 4) is 5.75 Å². The van der Waals surface area contributed by atoms with E-state index in [4.69, 9.17) is 14.1 Å². The third kappa shape index (κ3) is 4.46. The predicted molar refractivity (Wildman–Crippen MR) is 146 cm³/mol. The van der Waals surface area contributed by atoms with Gasteiger partial charge in [0.1, 0.15) is 17.1 Å². The molecular formula is C29H31FN6O5. The number of carbonyl (C=O) groups is 3. The summed E-state index contributed by atoms with van der Waals surface area (Å²) >= 11 is 0. The predicted octanol–water partition coefficient (Wildman–Crippen LogP) is 2.59. The highest BCUT2D eigenvalue weighted by atomic mass is 19.1. The van der Waals surface area contributed by atoms with Crippen LogP contribution in [0, 0.1) is 11.7 Å². The lowest BCUT2D eigenvalue weighted by atomic mass is 9.95. The summed E-state index contributed by atoms with van der Waals surface area (Å²) in [4.78, 5) is 49.8. The highest BCUT2D eigenvalue weighted by Gasteiger charge is 2.53. The normalized spacial score (nSPS) is 22.8. The molecule has 2 aromatic heterocycles. The van der Waals surface area contributed by atoms with E-state index in [1.807, 2.05) is 6.07 Å². The monoisotopic (exact) mass is 562 g/mol. The van der Waals surface area contributed by atoms with Crippen LogP contribution in [-0.2, 0) is 16.9 Å². The van der Waals surface area contributed by atoms with Crippen LogP contribution in [0.15, 0.2) is 34.7 Å². The summed E-state index contributed by atoms with van der Waals surface area (Å²) in [6, 6.07) is 7.81. The highest BCUT2D eigenvalue weighted by molar-refractivity contribution is 6.08. The van der Waals surface area contributed by atoms with Crippen molar-refractivity contribution in [1.29, 1.82) is 0 Å². The maximum Gasteiger partial charge on any atom is 0.322 e. The Labute approximate surface area is 235 Å². The molecule has 1 aliphatic carbocycles. The molecule has 1 aromatic carbocycles. The van der Waals surface area contributed by atoms with Crippen molar-refractivity contribution in [1.82, 2.24) is 25.4 Å². The Morgan fingerprint density at radius 2 is 1.93 bits per heavy atom. The number of amides is 4. The van der Waals surface area contributed by atoms with Gasteiger partial charge >= 0.3 is 6.03 Å². The number of furan rings is 1. The van der Waals surface area contributed by atoms with E-state index in [0.717, 1.165) is 51.4 Å². The van der Waals surface area contributed by atoms with E-state index in [1.54, 1.807) is 18.2 Å². The minimum atomic E-state index is -1.70. The summed E-state index contributed by atoms with van der Waals surface area (Å²) in [5.41, 5.74) is -0.306. The van der Waals surface area contributed by atoms with Gasteiger partial charge < -0.3 is 29.2 Å². The molecule has 3 aromatic rings. The molecule has 0 spiro atoms. The summed E-state index contributed by atoms with van der Waals surface area (Å²) in [6.07, 6.45) is 2.12. The summed E-state index contributed by atoms with van der Waals surface area (Å²) in [5.74, 6) is -0.517. The molecule has 4 amide bonds. The minimum Gasteiger partial charge on any atom is -0.490 e. The van der Waals surface area contributed by atoms with Crippen LogP contribution in [0.2, 0.25) is 0 Å². The van der Waals surface area contributed by atoms with Gasteiger partial charge in [0, 0.05) is 38.8 Å². The lowest BCUT2D eigenvalue weighted by Gasteiger charge is -2.34. The Morgan fingerprint density at radius 1 is 1.12 bits per heavy atom. The van der Waals surface area contributed by atoms with Gasteiger partial charge in [-0.1, -0.05) is 13.0 Å². The van der Waals surface area contributed by atoms with Gasteiger partial charge in [-0.2, -0.15) is 0 Å². The molecule has 4 aliphatic rings. The lowest BCUT2D eigenvalue weighted by Crippen LogP contribution is -2.52. The molecule has 1 saturated carbocycles. The van der Waals surface area contributed by atoms with Crippen LogP contribution in [0.4, 0.5) is 15.0 Å². The van der Waals surface area contributed by atoms with Crippen molar-refractivity contribution in [2.45, 2.75) is 31.8 Å². The number of imide groups is 1. The SMILES string of the molecule is CCN1CCN(c2ccc3oc([C@@]4(CN5Cc6ccc(OCC7CC7)c(F)c6C5=O)NC(=O)NC4=O)cc3n2)CC1. The number of anilines is 1. The second-order valence-corrected chi connectivity index (χ2v) is 11.2. The third-order valence-electron chi connectivity index (χ3n) is 8.52. The molecule has 0 bridgehead atoms. The molecule has 12 heteroatoms. The number of likely N-dealkylation sites (N-methyl/N-ethyl adjacent to an activating group) is 1. The first-order valence-corrected chi connectivity index (χ1v) is 14.1. The molecule has 214 valence electrons. The van der Waals surface area contributed by atoms with Gasteiger partial charge in [-0.15, -0.1) is 0 Å². The Morgan fingerprint density at radius 3 is 2.63 bits per heavy atom. The van der Waals surface area contributed by atoms with Crippen molar-refractivity contribution in [3.63, 3.8) is 0 Å². The fourth-order valence-electron chi connectivity index (χ4n) is 5.86.